The van der Waals surface area contributed by atoms with Gasteiger partial charge in [0.2, 0.25) is 5.91 Å². The number of ether oxygens (including phenoxy) is 1. The molecule has 0 saturated carbocycles. The van der Waals surface area contributed by atoms with Crippen LogP contribution in [0.15, 0.2) is 30.3 Å². The van der Waals surface area contributed by atoms with E-state index < -0.39 is 11.9 Å². The number of aromatic nitrogens is 1. The van der Waals surface area contributed by atoms with Crippen molar-refractivity contribution in [3.05, 3.63) is 40.2 Å². The number of rotatable bonds is 12. The molecule has 1 saturated heterocycles. The Morgan fingerprint density at radius 1 is 1.06 bits per heavy atom. The Balaban J connectivity index is 1.51. The van der Waals surface area contributed by atoms with Crippen LogP contribution in [-0.2, 0) is 25.5 Å². The molecule has 2 aromatic rings. The molecule has 0 radical (unpaired) electrons. The second kappa shape index (κ2) is 13.7. The van der Waals surface area contributed by atoms with E-state index in [1.165, 1.54) is 18.4 Å². The number of unbranched alkanes of at least 4 members (excludes halogenated alkanes) is 1. The molecule has 3 rings (SSSR count). The zero-order valence-electron chi connectivity index (χ0n) is 20.4. The summed E-state index contributed by atoms with van der Waals surface area (Å²) in [4.78, 5) is 56.9. The highest BCUT2D eigenvalue weighted by atomic mass is 32.1. The van der Waals surface area contributed by atoms with Crippen molar-refractivity contribution in [2.24, 2.45) is 0 Å². The van der Waals surface area contributed by atoms with Gasteiger partial charge < -0.3 is 20.1 Å². The molecule has 1 aromatic heterocycles. The summed E-state index contributed by atoms with van der Waals surface area (Å²) in [6.07, 6.45) is 2.23. The predicted molar refractivity (Wildman–Crippen MR) is 135 cm³/mol. The van der Waals surface area contributed by atoms with Crippen molar-refractivity contribution in [2.45, 2.75) is 32.1 Å². The second-order valence-electron chi connectivity index (χ2n) is 8.49. The van der Waals surface area contributed by atoms with Crippen molar-refractivity contribution in [2.75, 3.05) is 46.4 Å². The Morgan fingerprint density at radius 2 is 1.78 bits per heavy atom. The third-order valence-corrected chi connectivity index (χ3v) is 7.08. The first-order valence-corrected chi connectivity index (χ1v) is 12.8. The number of carboxylic acids is 1. The Morgan fingerprint density at radius 3 is 2.44 bits per heavy atom. The van der Waals surface area contributed by atoms with Gasteiger partial charge in [0.25, 0.3) is 5.91 Å². The molecule has 10 nitrogen and oxygen atoms in total. The molecule has 0 spiro atoms. The highest BCUT2D eigenvalue weighted by Crippen LogP contribution is 2.29. The molecule has 2 heterocycles. The van der Waals surface area contributed by atoms with Crippen LogP contribution in [0, 0.1) is 0 Å². The predicted octanol–water partition coefficient (Wildman–Crippen LogP) is 2.04. The minimum atomic E-state index is -0.779. The van der Waals surface area contributed by atoms with Crippen molar-refractivity contribution < 1.29 is 29.0 Å². The van der Waals surface area contributed by atoms with E-state index in [2.05, 4.69) is 15.2 Å². The van der Waals surface area contributed by atoms with Gasteiger partial charge in [-0.2, -0.15) is 0 Å². The fourth-order valence-electron chi connectivity index (χ4n) is 3.93. The smallest absolute Gasteiger partial charge is 0.305 e. The standard InChI is InChI=1S/C25H32N4O6S/c1-35-22(33)11-10-19-23(18-7-3-2-4-8-18)27-25(36-19)24(34)26-17-20(30)29-15-13-28(14-16-29)12-6-5-9-21(31)32/h2-4,7-8H,5-6,9-17H2,1H3,(H,26,34)(H,31,32). The lowest BCUT2D eigenvalue weighted by Gasteiger charge is -2.34. The number of nitrogens with zero attached hydrogens (tertiary/aromatic N) is 3. The van der Waals surface area contributed by atoms with Gasteiger partial charge in [0.1, 0.15) is 0 Å². The Hall–Kier alpha value is -3.31. The summed E-state index contributed by atoms with van der Waals surface area (Å²) in [5.41, 5.74) is 1.50. The highest BCUT2D eigenvalue weighted by molar-refractivity contribution is 7.14. The van der Waals surface area contributed by atoms with Gasteiger partial charge in [-0.1, -0.05) is 30.3 Å². The Bertz CT molecular complexity index is 1050. The number of carbonyl (C=O) groups excluding carboxylic acids is 3. The van der Waals surface area contributed by atoms with Gasteiger partial charge in [-0.25, -0.2) is 4.98 Å². The minimum absolute atomic E-state index is 0.116. The van der Waals surface area contributed by atoms with Crippen LogP contribution in [0.25, 0.3) is 11.3 Å². The summed E-state index contributed by atoms with van der Waals surface area (Å²) in [6, 6.07) is 9.45. The van der Waals surface area contributed by atoms with Gasteiger partial charge in [0.15, 0.2) is 5.01 Å². The van der Waals surface area contributed by atoms with Gasteiger partial charge in [-0.15, -0.1) is 11.3 Å². The number of esters is 1. The number of carbonyl (C=O) groups is 4. The molecule has 0 aliphatic carbocycles. The summed E-state index contributed by atoms with van der Waals surface area (Å²) >= 11 is 1.21. The molecule has 0 atom stereocenters. The van der Waals surface area contributed by atoms with Crippen molar-refractivity contribution in [3.63, 3.8) is 0 Å². The first kappa shape index (κ1) is 27.3. The van der Waals surface area contributed by atoms with E-state index in [1.54, 1.807) is 4.90 Å². The third kappa shape index (κ3) is 8.13. The number of thiazole rings is 1. The Labute approximate surface area is 214 Å². The SMILES string of the molecule is COC(=O)CCc1sc(C(=O)NCC(=O)N2CCN(CCCCC(=O)O)CC2)nc1-c1ccccc1. The third-order valence-electron chi connectivity index (χ3n) is 5.96. The molecule has 36 heavy (non-hydrogen) atoms. The number of hydrogen-bond acceptors (Lipinski definition) is 8. The molecule has 0 unspecified atom stereocenters. The number of amides is 2. The van der Waals surface area contributed by atoms with E-state index in [9.17, 15) is 19.2 Å². The summed E-state index contributed by atoms with van der Waals surface area (Å²) in [6.45, 7) is 3.29. The summed E-state index contributed by atoms with van der Waals surface area (Å²) in [7, 11) is 1.34. The average Bonchev–Trinajstić information content (AvgIpc) is 3.33. The fraction of sp³-hybridized carbons (Fsp3) is 0.480. The molecule has 2 N–H and O–H groups in total. The lowest BCUT2D eigenvalue weighted by Crippen LogP contribution is -2.51. The van der Waals surface area contributed by atoms with Gasteiger partial charge in [0, 0.05) is 43.0 Å². The number of carboxylic acid groups (broad SMARTS) is 1. The summed E-state index contributed by atoms with van der Waals surface area (Å²) in [5, 5.41) is 11.6. The quantitative estimate of drug-likeness (QED) is 0.324. The zero-order valence-corrected chi connectivity index (χ0v) is 21.2. The van der Waals surface area contributed by atoms with Crippen LogP contribution in [-0.4, -0.2) is 90.0 Å². The number of piperazine rings is 1. The maximum Gasteiger partial charge on any atom is 0.305 e. The van der Waals surface area contributed by atoms with Crippen LogP contribution in [0.2, 0.25) is 0 Å². The molecular weight excluding hydrogens is 484 g/mol. The first-order valence-electron chi connectivity index (χ1n) is 12.0. The van der Waals surface area contributed by atoms with E-state index in [0.29, 0.717) is 31.6 Å². The molecule has 1 fully saturated rings. The van der Waals surface area contributed by atoms with Gasteiger partial charge >= 0.3 is 11.9 Å². The van der Waals surface area contributed by atoms with E-state index >= 15 is 0 Å². The normalized spacial score (nSPS) is 13.9. The van der Waals surface area contributed by atoms with Crippen molar-refractivity contribution >= 4 is 35.1 Å². The van der Waals surface area contributed by atoms with Gasteiger partial charge in [0.05, 0.1) is 25.8 Å². The van der Waals surface area contributed by atoms with E-state index in [1.807, 2.05) is 30.3 Å². The van der Waals surface area contributed by atoms with E-state index in [-0.39, 0.29) is 36.3 Å². The average molecular weight is 517 g/mol. The molecule has 11 heteroatoms. The van der Waals surface area contributed by atoms with Crippen molar-refractivity contribution in [3.8, 4) is 11.3 Å². The van der Waals surface area contributed by atoms with Crippen LogP contribution in [0.1, 0.15) is 40.4 Å². The van der Waals surface area contributed by atoms with Crippen LogP contribution in [0.5, 0.6) is 0 Å². The van der Waals surface area contributed by atoms with Crippen LogP contribution in [0.3, 0.4) is 0 Å². The van der Waals surface area contributed by atoms with Crippen molar-refractivity contribution in [1.29, 1.82) is 0 Å². The maximum atomic E-state index is 12.8. The van der Waals surface area contributed by atoms with E-state index in [0.717, 1.165) is 36.5 Å². The van der Waals surface area contributed by atoms with Crippen LogP contribution < -0.4 is 5.32 Å². The number of hydrogen-bond donors (Lipinski definition) is 2. The molecular formula is C25H32N4O6S. The van der Waals surface area contributed by atoms with Gasteiger partial charge in [-0.05, 0) is 25.8 Å². The molecule has 0 bridgehead atoms. The van der Waals surface area contributed by atoms with Crippen LogP contribution >= 0.6 is 11.3 Å². The largest absolute Gasteiger partial charge is 0.481 e. The highest BCUT2D eigenvalue weighted by Gasteiger charge is 2.23. The first-order chi connectivity index (χ1) is 17.4. The number of methoxy groups -OCH3 is 1. The zero-order chi connectivity index (χ0) is 25.9. The summed E-state index contributed by atoms with van der Waals surface area (Å²) < 4.78 is 4.73. The molecule has 1 aromatic carbocycles. The van der Waals surface area contributed by atoms with Gasteiger partial charge in [-0.3, -0.25) is 24.1 Å². The number of benzene rings is 1. The monoisotopic (exact) mass is 516 g/mol. The second-order valence-corrected chi connectivity index (χ2v) is 9.57. The summed E-state index contributed by atoms with van der Waals surface area (Å²) in [5.74, 6) is -1.69. The molecule has 1 aliphatic rings. The lowest BCUT2D eigenvalue weighted by atomic mass is 10.1. The molecule has 1 aliphatic heterocycles. The fourth-order valence-corrected chi connectivity index (χ4v) is 4.93. The Kier molecular flexibility index (Phi) is 10.4. The molecule has 2 amide bonds. The van der Waals surface area contributed by atoms with E-state index in [4.69, 9.17) is 9.84 Å². The molecule has 194 valence electrons. The topological polar surface area (TPSA) is 129 Å². The number of aryl methyl sites for hydroxylation is 1. The van der Waals surface area contributed by atoms with Crippen molar-refractivity contribution in [1.82, 2.24) is 20.1 Å². The number of nitrogens with one attached hydrogen (secondary N) is 1. The lowest BCUT2D eigenvalue weighted by molar-refractivity contribution is -0.140. The minimum Gasteiger partial charge on any atom is -0.481 e. The maximum absolute atomic E-state index is 12.8. The number of aliphatic carboxylic acids is 1. The van der Waals surface area contributed by atoms with Crippen LogP contribution in [0.4, 0.5) is 0 Å².